The quantitative estimate of drug-likeness (QED) is 0.783. The maximum atomic E-state index is 13.3. The second-order valence-electron chi connectivity index (χ2n) is 3.88. The van der Waals surface area contributed by atoms with Crippen molar-refractivity contribution >= 4 is 0 Å². The Morgan fingerprint density at radius 3 is 3.12 bits per heavy atom. The molecule has 0 saturated carbocycles. The fourth-order valence-electron chi connectivity index (χ4n) is 1.76. The van der Waals surface area contributed by atoms with Crippen molar-refractivity contribution in [2.45, 2.75) is 31.8 Å². The van der Waals surface area contributed by atoms with E-state index in [0.29, 0.717) is 0 Å². The van der Waals surface area contributed by atoms with E-state index in [1.165, 1.54) is 10.8 Å². The number of aromatic nitrogens is 2. The van der Waals surface area contributed by atoms with Crippen molar-refractivity contribution in [3.8, 4) is 0 Å². The number of alkyl halides is 1. The molecule has 1 aromatic rings. The molecule has 2 rings (SSSR count). The Labute approximate surface area is 91.5 Å². The Bertz CT molecular complexity index is 434. The molecule has 1 N–H and O–H groups in total. The van der Waals surface area contributed by atoms with Crippen LogP contribution in [0.5, 0.6) is 0 Å². The second-order valence-corrected chi connectivity index (χ2v) is 3.88. The van der Waals surface area contributed by atoms with Crippen LogP contribution in [0.4, 0.5) is 4.39 Å². The van der Waals surface area contributed by atoms with Crippen LogP contribution < -0.4 is 5.69 Å². The van der Waals surface area contributed by atoms with Gasteiger partial charge in [-0.15, -0.1) is 0 Å². The maximum Gasteiger partial charge on any atom is 0.349 e. The smallest absolute Gasteiger partial charge is 0.349 e. The largest absolute Gasteiger partial charge is 0.394 e. The fraction of sp³-hybridized carbons (Fsp3) is 0.600. The van der Waals surface area contributed by atoms with Crippen molar-refractivity contribution in [3.63, 3.8) is 0 Å². The van der Waals surface area contributed by atoms with E-state index in [-0.39, 0.29) is 13.0 Å². The molecule has 88 valence electrons. The zero-order chi connectivity index (χ0) is 11.7. The maximum absolute atomic E-state index is 13.3. The van der Waals surface area contributed by atoms with Crippen LogP contribution in [0.15, 0.2) is 17.2 Å². The van der Waals surface area contributed by atoms with Gasteiger partial charge in [0.2, 0.25) is 0 Å². The van der Waals surface area contributed by atoms with E-state index >= 15 is 0 Å². The predicted octanol–water partition coefficient (Wildman–Crippen LogP) is 0.170. The Morgan fingerprint density at radius 1 is 1.75 bits per heavy atom. The predicted molar refractivity (Wildman–Crippen MR) is 53.7 cm³/mol. The minimum absolute atomic E-state index is 0.0657. The summed E-state index contributed by atoms with van der Waals surface area (Å²) in [7, 11) is 0. The highest BCUT2D eigenvalue weighted by Crippen LogP contribution is 2.29. The minimum Gasteiger partial charge on any atom is -0.394 e. The van der Waals surface area contributed by atoms with E-state index in [9.17, 15) is 9.18 Å². The van der Waals surface area contributed by atoms with Gasteiger partial charge in [-0.05, 0) is 12.5 Å². The fourth-order valence-corrected chi connectivity index (χ4v) is 1.76. The van der Waals surface area contributed by atoms with Crippen LogP contribution in [0.1, 0.15) is 18.2 Å². The molecule has 1 aliphatic rings. The van der Waals surface area contributed by atoms with Crippen molar-refractivity contribution in [3.05, 3.63) is 28.4 Å². The topological polar surface area (TPSA) is 64.4 Å². The van der Waals surface area contributed by atoms with Gasteiger partial charge in [-0.1, -0.05) is 0 Å². The second kappa shape index (κ2) is 4.31. The molecule has 1 fully saturated rings. The van der Waals surface area contributed by atoms with Crippen molar-refractivity contribution in [1.82, 2.24) is 9.55 Å². The van der Waals surface area contributed by atoms with Crippen LogP contribution in [0.3, 0.4) is 0 Å². The molecule has 0 spiro atoms. The number of ether oxygens (including phenoxy) is 1. The third-order valence-electron chi connectivity index (χ3n) is 2.59. The van der Waals surface area contributed by atoms with E-state index in [0.717, 1.165) is 5.56 Å². The summed E-state index contributed by atoms with van der Waals surface area (Å²) in [5.41, 5.74) is 0.326. The SMILES string of the molecule is Cc1cnc(=O)n([C@H]2C[C@H](F)[C@@H](CO)O2)c1. The van der Waals surface area contributed by atoms with Crippen molar-refractivity contribution in [2.24, 2.45) is 0 Å². The summed E-state index contributed by atoms with van der Waals surface area (Å²) in [4.78, 5) is 15.1. The molecule has 0 radical (unpaired) electrons. The average Bonchev–Trinajstić information content (AvgIpc) is 2.63. The molecule has 0 aromatic carbocycles. The standard InChI is InChI=1S/C10H13FN2O3/c1-6-3-12-10(15)13(4-6)9-2-7(11)8(5-14)16-9/h3-4,7-9,14H,2,5H2,1H3/t7-,8+,9+/m0/s1. The summed E-state index contributed by atoms with van der Waals surface area (Å²) in [5.74, 6) is 0. The number of aliphatic hydroxyl groups excluding tert-OH is 1. The zero-order valence-corrected chi connectivity index (χ0v) is 8.84. The lowest BCUT2D eigenvalue weighted by Crippen LogP contribution is -2.27. The number of aryl methyl sites for hydroxylation is 1. The van der Waals surface area contributed by atoms with Gasteiger partial charge >= 0.3 is 5.69 Å². The van der Waals surface area contributed by atoms with Crippen LogP contribution >= 0.6 is 0 Å². The highest BCUT2D eigenvalue weighted by Gasteiger charge is 2.36. The molecule has 0 amide bonds. The Kier molecular flexibility index (Phi) is 3.02. The van der Waals surface area contributed by atoms with E-state index in [1.54, 1.807) is 13.1 Å². The normalized spacial score (nSPS) is 29.6. The molecular weight excluding hydrogens is 215 g/mol. The van der Waals surface area contributed by atoms with Gasteiger partial charge in [0.05, 0.1) is 6.61 Å². The van der Waals surface area contributed by atoms with Gasteiger partial charge in [0.15, 0.2) is 0 Å². The highest BCUT2D eigenvalue weighted by molar-refractivity contribution is 5.01. The average molecular weight is 228 g/mol. The van der Waals surface area contributed by atoms with E-state index < -0.39 is 24.2 Å². The first-order valence-electron chi connectivity index (χ1n) is 5.07. The van der Waals surface area contributed by atoms with Gasteiger partial charge in [-0.25, -0.2) is 14.2 Å². The van der Waals surface area contributed by atoms with E-state index in [4.69, 9.17) is 9.84 Å². The van der Waals surface area contributed by atoms with Gasteiger partial charge in [-0.2, -0.15) is 0 Å². The number of hydrogen-bond donors (Lipinski definition) is 1. The molecule has 6 heteroatoms. The lowest BCUT2D eigenvalue weighted by Gasteiger charge is -2.14. The van der Waals surface area contributed by atoms with Crippen molar-refractivity contribution in [2.75, 3.05) is 6.61 Å². The lowest BCUT2D eigenvalue weighted by atomic mass is 10.2. The summed E-state index contributed by atoms with van der Waals surface area (Å²) in [6, 6.07) is 0. The molecule has 0 aliphatic carbocycles. The third kappa shape index (κ3) is 1.98. The molecule has 0 unspecified atom stereocenters. The molecule has 16 heavy (non-hydrogen) atoms. The summed E-state index contributed by atoms with van der Waals surface area (Å²) in [6.07, 6.45) is 0.319. The van der Waals surface area contributed by atoms with Crippen molar-refractivity contribution in [1.29, 1.82) is 0 Å². The molecule has 0 bridgehead atoms. The van der Waals surface area contributed by atoms with Crippen LogP contribution in [0.25, 0.3) is 0 Å². The number of hydrogen-bond acceptors (Lipinski definition) is 4. The highest BCUT2D eigenvalue weighted by atomic mass is 19.1. The minimum atomic E-state index is -1.25. The molecule has 1 aromatic heterocycles. The van der Waals surface area contributed by atoms with Gasteiger partial charge in [0.25, 0.3) is 0 Å². The zero-order valence-electron chi connectivity index (χ0n) is 8.84. The first-order valence-corrected chi connectivity index (χ1v) is 5.07. The summed E-state index contributed by atoms with van der Waals surface area (Å²) in [5, 5.41) is 8.86. The Morgan fingerprint density at radius 2 is 2.50 bits per heavy atom. The molecule has 1 aliphatic heterocycles. The molecule has 5 nitrogen and oxygen atoms in total. The van der Waals surface area contributed by atoms with Gasteiger partial charge in [0.1, 0.15) is 18.5 Å². The van der Waals surface area contributed by atoms with Crippen LogP contribution in [-0.2, 0) is 4.74 Å². The van der Waals surface area contributed by atoms with E-state index in [1.807, 2.05) is 0 Å². The Hall–Kier alpha value is -1.27. The van der Waals surface area contributed by atoms with Crippen LogP contribution in [0.2, 0.25) is 0 Å². The summed E-state index contributed by atoms with van der Waals surface area (Å²) < 4.78 is 19.8. The number of rotatable bonds is 2. The lowest BCUT2D eigenvalue weighted by molar-refractivity contribution is -0.0356. The molecule has 2 heterocycles. The van der Waals surface area contributed by atoms with Gasteiger partial charge < -0.3 is 9.84 Å². The Balaban J connectivity index is 2.26. The first-order chi connectivity index (χ1) is 7.61. The summed E-state index contributed by atoms with van der Waals surface area (Å²) in [6.45, 7) is 1.40. The van der Waals surface area contributed by atoms with Crippen molar-refractivity contribution < 1.29 is 14.2 Å². The van der Waals surface area contributed by atoms with Crippen LogP contribution in [0, 0.1) is 6.92 Å². The monoisotopic (exact) mass is 228 g/mol. The van der Waals surface area contributed by atoms with Gasteiger partial charge in [-0.3, -0.25) is 4.57 Å². The number of nitrogens with zero attached hydrogens (tertiary/aromatic N) is 2. The molecule has 3 atom stereocenters. The van der Waals surface area contributed by atoms with E-state index in [2.05, 4.69) is 4.98 Å². The number of halogens is 1. The third-order valence-corrected chi connectivity index (χ3v) is 2.59. The molecule has 1 saturated heterocycles. The van der Waals surface area contributed by atoms with Gasteiger partial charge in [0, 0.05) is 18.8 Å². The number of aliphatic hydroxyl groups is 1. The summed E-state index contributed by atoms with van der Waals surface area (Å²) >= 11 is 0. The molecular formula is C10H13FN2O3. The van der Waals surface area contributed by atoms with Crippen LogP contribution in [-0.4, -0.2) is 33.5 Å². The first kappa shape index (κ1) is 11.2.